The van der Waals surface area contributed by atoms with Gasteiger partial charge in [-0.3, -0.25) is 0 Å². The molecule has 0 radical (unpaired) electrons. The van der Waals surface area contributed by atoms with Gasteiger partial charge < -0.3 is 18.9 Å². The Morgan fingerprint density at radius 2 is 1.82 bits per heavy atom. The highest BCUT2D eigenvalue weighted by atomic mass is 35.5. The molecule has 0 unspecified atom stereocenters. The van der Waals surface area contributed by atoms with Crippen LogP contribution in [0.1, 0.15) is 19.8 Å². The average molecular weight is 435 g/mol. The van der Waals surface area contributed by atoms with Crippen LogP contribution in [-0.2, 0) is 9.47 Å². The van der Waals surface area contributed by atoms with Crippen molar-refractivity contribution in [3.8, 4) is 11.5 Å². The molecule has 0 amide bonds. The van der Waals surface area contributed by atoms with E-state index in [4.69, 9.17) is 21.1 Å². The molecule has 1 aromatic carbocycles. The Bertz CT molecular complexity index is 664. The lowest BCUT2D eigenvalue weighted by molar-refractivity contribution is -0.352. The Morgan fingerprint density at radius 1 is 1.18 bits per heavy atom. The van der Waals surface area contributed by atoms with Gasteiger partial charge in [-0.1, -0.05) is 24.9 Å². The van der Waals surface area contributed by atoms with Gasteiger partial charge >= 0.3 is 12.3 Å². The molecule has 0 aliphatic carbocycles. The Kier molecular flexibility index (Phi) is 7.46. The molecular weight excluding hydrogens is 418 g/mol. The number of alkyl halides is 5. The highest BCUT2D eigenvalue weighted by Crippen LogP contribution is 2.36. The summed E-state index contributed by atoms with van der Waals surface area (Å²) in [5, 5.41) is -0.564. The summed E-state index contributed by atoms with van der Waals surface area (Å²) < 4.78 is 97.4. The second-order valence-electron chi connectivity index (χ2n) is 6.00. The molecule has 1 aliphatic rings. The van der Waals surface area contributed by atoms with Crippen molar-refractivity contribution in [3.05, 3.63) is 35.3 Å². The second kappa shape index (κ2) is 9.23. The van der Waals surface area contributed by atoms with Crippen LogP contribution in [0.15, 0.2) is 24.5 Å². The van der Waals surface area contributed by atoms with Gasteiger partial charge in [-0.15, -0.1) is 0 Å². The van der Waals surface area contributed by atoms with Crippen LogP contribution in [-0.4, -0.2) is 31.8 Å². The van der Waals surface area contributed by atoms with Gasteiger partial charge in [0.1, 0.15) is 5.75 Å². The molecule has 1 heterocycles. The van der Waals surface area contributed by atoms with Crippen LogP contribution in [0.25, 0.3) is 0 Å². The van der Waals surface area contributed by atoms with Crippen molar-refractivity contribution in [3.63, 3.8) is 0 Å². The molecule has 158 valence electrons. The average Bonchev–Trinajstić information content (AvgIpc) is 2.57. The van der Waals surface area contributed by atoms with Crippen LogP contribution >= 0.6 is 11.6 Å². The lowest BCUT2D eigenvalue weighted by atomic mass is 10.1. The van der Waals surface area contributed by atoms with E-state index in [0.717, 1.165) is 18.9 Å². The highest BCUT2D eigenvalue weighted by Gasteiger charge is 2.47. The van der Waals surface area contributed by atoms with Crippen LogP contribution in [0.3, 0.4) is 0 Å². The molecule has 0 N–H and O–H groups in total. The van der Waals surface area contributed by atoms with Gasteiger partial charge in [0.2, 0.25) is 0 Å². The zero-order valence-electron chi connectivity index (χ0n) is 14.6. The second-order valence-corrected chi connectivity index (χ2v) is 6.40. The van der Waals surface area contributed by atoms with Crippen LogP contribution < -0.4 is 9.47 Å². The zero-order chi connectivity index (χ0) is 20.9. The van der Waals surface area contributed by atoms with Crippen molar-refractivity contribution in [1.82, 2.24) is 0 Å². The number of halogens is 7. The van der Waals surface area contributed by atoms with Crippen molar-refractivity contribution in [2.45, 2.75) is 38.3 Å². The topological polar surface area (TPSA) is 36.9 Å². The molecule has 1 aromatic rings. The minimum atomic E-state index is -4.68. The van der Waals surface area contributed by atoms with E-state index >= 15 is 0 Å². The first-order valence-electron chi connectivity index (χ1n) is 8.22. The molecule has 2 rings (SSSR count). The van der Waals surface area contributed by atoms with E-state index in [2.05, 4.69) is 9.47 Å². The maximum absolute atomic E-state index is 14.2. The van der Waals surface area contributed by atoms with E-state index < -0.39 is 40.9 Å². The molecule has 0 spiro atoms. The third kappa shape index (κ3) is 6.46. The first-order valence-corrected chi connectivity index (χ1v) is 8.59. The predicted molar refractivity (Wildman–Crippen MR) is 86.9 cm³/mol. The van der Waals surface area contributed by atoms with Crippen LogP contribution in [0.4, 0.5) is 26.3 Å². The first kappa shape index (κ1) is 22.6. The van der Waals surface area contributed by atoms with Crippen molar-refractivity contribution in [2.75, 3.05) is 13.2 Å². The van der Waals surface area contributed by atoms with E-state index in [0.29, 0.717) is 6.07 Å². The van der Waals surface area contributed by atoms with Crippen molar-refractivity contribution in [2.24, 2.45) is 5.92 Å². The Morgan fingerprint density at radius 3 is 2.36 bits per heavy atom. The maximum Gasteiger partial charge on any atom is 0.451 e. The summed E-state index contributed by atoms with van der Waals surface area (Å²) in [5.74, 6) is -2.75. The summed E-state index contributed by atoms with van der Waals surface area (Å²) in [6, 6.07) is 1.28. The maximum atomic E-state index is 14.2. The van der Waals surface area contributed by atoms with Gasteiger partial charge in [0, 0.05) is 18.1 Å². The molecule has 28 heavy (non-hydrogen) atoms. The summed E-state index contributed by atoms with van der Waals surface area (Å²) in [4.78, 5) is 0. The SMILES string of the molecule is CCCC1COC(C(F)(F)Oc2cc(F)c(O/C=C/C(F)(F)F)c(Cl)c2)OC1. The molecule has 1 fully saturated rings. The van der Waals surface area contributed by atoms with Gasteiger partial charge in [-0.25, -0.2) is 4.39 Å². The van der Waals surface area contributed by atoms with E-state index in [1.165, 1.54) is 0 Å². The third-order valence-electron chi connectivity index (χ3n) is 3.61. The zero-order valence-corrected chi connectivity index (χ0v) is 15.3. The van der Waals surface area contributed by atoms with Crippen LogP contribution in [0, 0.1) is 11.7 Å². The fraction of sp³-hybridized carbons (Fsp3) is 0.529. The Labute approximate surface area is 162 Å². The number of allylic oxidation sites excluding steroid dienone is 1. The number of hydrogen-bond donors (Lipinski definition) is 0. The number of ether oxygens (including phenoxy) is 4. The Hall–Kier alpha value is -1.65. The Balaban J connectivity index is 2.04. The third-order valence-corrected chi connectivity index (χ3v) is 3.89. The molecule has 11 heteroatoms. The first-order chi connectivity index (χ1) is 13.0. The highest BCUT2D eigenvalue weighted by molar-refractivity contribution is 6.32. The molecular formula is C17H17ClF6O4. The van der Waals surface area contributed by atoms with Crippen molar-refractivity contribution >= 4 is 11.6 Å². The van der Waals surface area contributed by atoms with Crippen LogP contribution in [0.2, 0.25) is 5.02 Å². The minimum Gasteiger partial charge on any atom is -0.460 e. The summed E-state index contributed by atoms with van der Waals surface area (Å²) in [6.45, 7) is 2.06. The molecule has 0 atom stereocenters. The van der Waals surface area contributed by atoms with E-state index in [9.17, 15) is 26.3 Å². The van der Waals surface area contributed by atoms with Crippen molar-refractivity contribution in [1.29, 1.82) is 0 Å². The molecule has 0 saturated carbocycles. The van der Waals surface area contributed by atoms with E-state index in [1.54, 1.807) is 0 Å². The van der Waals surface area contributed by atoms with Gasteiger partial charge in [0.05, 0.1) is 30.6 Å². The largest absolute Gasteiger partial charge is 0.460 e. The lowest BCUT2D eigenvalue weighted by Gasteiger charge is -2.33. The lowest BCUT2D eigenvalue weighted by Crippen LogP contribution is -2.47. The molecule has 0 bridgehead atoms. The fourth-order valence-electron chi connectivity index (χ4n) is 2.40. The standard InChI is InChI=1S/C17H17ClF6O4/c1-2-3-10-8-26-15(27-9-10)17(23,24)28-11-6-12(18)14(13(19)7-11)25-5-4-16(20,21)22/h4-7,10,15H,2-3,8-9H2,1H3/b5-4+. The van der Waals surface area contributed by atoms with Gasteiger partial charge in [-0.2, -0.15) is 22.0 Å². The number of hydrogen-bond acceptors (Lipinski definition) is 4. The number of rotatable bonds is 7. The van der Waals surface area contributed by atoms with Crippen molar-refractivity contribution < 1.29 is 45.3 Å². The van der Waals surface area contributed by atoms with E-state index in [1.807, 2.05) is 6.92 Å². The number of benzene rings is 1. The predicted octanol–water partition coefficient (Wildman–Crippen LogP) is 5.69. The molecule has 1 aliphatic heterocycles. The summed E-state index contributed by atoms with van der Waals surface area (Å²) in [5.41, 5.74) is 0. The quantitative estimate of drug-likeness (QED) is 0.408. The molecule has 4 nitrogen and oxygen atoms in total. The normalized spacial score (nSPS) is 21.1. The minimum absolute atomic E-state index is 0.00914. The van der Waals surface area contributed by atoms with E-state index in [-0.39, 0.29) is 31.5 Å². The summed E-state index contributed by atoms with van der Waals surface area (Å²) in [7, 11) is 0. The van der Waals surface area contributed by atoms with Gasteiger partial charge in [0.25, 0.3) is 6.29 Å². The summed E-state index contributed by atoms with van der Waals surface area (Å²) >= 11 is 5.69. The molecule has 1 saturated heterocycles. The summed E-state index contributed by atoms with van der Waals surface area (Å²) in [6.07, 6.45) is -9.13. The van der Waals surface area contributed by atoms with Gasteiger partial charge in [0.15, 0.2) is 11.6 Å². The monoisotopic (exact) mass is 434 g/mol. The van der Waals surface area contributed by atoms with Gasteiger partial charge in [-0.05, 0) is 6.42 Å². The van der Waals surface area contributed by atoms with Crippen LogP contribution in [0.5, 0.6) is 11.5 Å². The molecule has 0 aromatic heterocycles. The smallest absolute Gasteiger partial charge is 0.451 e. The fourth-order valence-corrected chi connectivity index (χ4v) is 2.65.